The van der Waals surface area contributed by atoms with E-state index in [1.807, 2.05) is 14.1 Å². The molecule has 4 atom stereocenters. The van der Waals surface area contributed by atoms with E-state index < -0.39 is 46.1 Å². The molecule has 0 aromatic carbocycles. The molecule has 0 unspecified atom stereocenters. The van der Waals surface area contributed by atoms with Gasteiger partial charge in [0.15, 0.2) is 0 Å². The van der Waals surface area contributed by atoms with Gasteiger partial charge in [-0.25, -0.2) is 9.97 Å². The summed E-state index contributed by atoms with van der Waals surface area (Å²) in [6, 6.07) is 4.84. The Kier molecular flexibility index (Phi) is 14.3. The van der Waals surface area contributed by atoms with Gasteiger partial charge in [0.2, 0.25) is 23.6 Å². The van der Waals surface area contributed by atoms with Gasteiger partial charge in [0.1, 0.15) is 24.3 Å². The van der Waals surface area contributed by atoms with Gasteiger partial charge in [0, 0.05) is 49.7 Å². The van der Waals surface area contributed by atoms with Crippen LogP contribution in [0.5, 0.6) is 11.8 Å². The largest absolute Gasteiger partial charge is 0.476 e. The van der Waals surface area contributed by atoms with Gasteiger partial charge >= 0.3 is 12.4 Å². The average Bonchev–Trinajstić information content (AvgIpc) is 3.61. The van der Waals surface area contributed by atoms with Gasteiger partial charge in [0.25, 0.3) is 0 Å². The van der Waals surface area contributed by atoms with Crippen LogP contribution in [0.2, 0.25) is 0 Å². The second-order valence-corrected chi connectivity index (χ2v) is 14.7. The van der Waals surface area contributed by atoms with E-state index in [0.29, 0.717) is 0 Å². The highest BCUT2D eigenvalue weighted by Gasteiger charge is 2.40. The van der Waals surface area contributed by atoms with E-state index in [4.69, 9.17) is 9.47 Å². The molecule has 2 N–H and O–H groups in total. The van der Waals surface area contributed by atoms with Gasteiger partial charge in [-0.15, -0.1) is 0 Å². The lowest BCUT2D eigenvalue weighted by Gasteiger charge is -2.29. The van der Waals surface area contributed by atoms with Crippen LogP contribution in [0.3, 0.4) is 0 Å². The van der Waals surface area contributed by atoms with Crippen LogP contribution in [0.1, 0.15) is 78.4 Å². The first-order chi connectivity index (χ1) is 24.1. The number of alkyl halides is 6. The Labute approximate surface area is 302 Å². The van der Waals surface area contributed by atoms with Crippen LogP contribution in [0, 0.1) is 10.8 Å². The maximum absolute atomic E-state index is 13.0. The molecule has 2 saturated heterocycles. The quantitative estimate of drug-likeness (QED) is 0.247. The standard InChI is InChI=1S/2C18H26F3N3O2/c2*1-5-14-13(8-10-24(14)4)23-16(25)17(2,3)11-26-15-12(18(19,20)21)7-6-9-22-15/h2*6-7,9,13-14H,5,8,10-11H2,1-4H3,(H,23,25)/t2*13-,14+/m10/s1. The van der Waals surface area contributed by atoms with Gasteiger partial charge in [-0.05, 0) is 91.7 Å². The van der Waals surface area contributed by atoms with Crippen LogP contribution in [0.25, 0.3) is 0 Å². The van der Waals surface area contributed by atoms with Crippen LogP contribution in [0.4, 0.5) is 26.3 Å². The van der Waals surface area contributed by atoms with Crippen LogP contribution in [-0.2, 0) is 21.9 Å². The Bertz CT molecular complexity index is 1380. The van der Waals surface area contributed by atoms with E-state index in [1.165, 1.54) is 24.5 Å². The number of pyridine rings is 2. The van der Waals surface area contributed by atoms with E-state index in [9.17, 15) is 35.9 Å². The highest BCUT2D eigenvalue weighted by molar-refractivity contribution is 5.83. The normalized spacial score (nSPS) is 21.7. The lowest BCUT2D eigenvalue weighted by Crippen LogP contribution is -2.49. The summed E-state index contributed by atoms with van der Waals surface area (Å²) in [5, 5.41) is 6.06. The Morgan fingerprint density at radius 2 is 1.06 bits per heavy atom. The summed E-state index contributed by atoms with van der Waals surface area (Å²) in [6.45, 7) is 12.2. The number of aromatic nitrogens is 2. The van der Waals surface area contributed by atoms with Crippen molar-refractivity contribution in [1.29, 1.82) is 0 Å². The molecule has 2 aromatic rings. The molecule has 0 aliphatic carbocycles. The van der Waals surface area contributed by atoms with Crippen molar-refractivity contribution in [2.75, 3.05) is 40.4 Å². The summed E-state index contributed by atoms with van der Waals surface area (Å²) in [6.07, 6.45) is -3.10. The lowest BCUT2D eigenvalue weighted by molar-refractivity contribution is -0.141. The van der Waals surface area contributed by atoms with Crippen LogP contribution < -0.4 is 20.1 Å². The van der Waals surface area contributed by atoms with Gasteiger partial charge in [-0.3, -0.25) is 9.59 Å². The van der Waals surface area contributed by atoms with Crippen LogP contribution >= 0.6 is 0 Å². The van der Waals surface area contributed by atoms with Crippen LogP contribution in [0.15, 0.2) is 36.7 Å². The van der Waals surface area contributed by atoms with Crippen molar-refractivity contribution in [2.45, 2.75) is 104 Å². The number of ether oxygens (including phenoxy) is 2. The molecule has 0 saturated carbocycles. The second kappa shape index (κ2) is 17.4. The molecule has 2 aliphatic heterocycles. The summed E-state index contributed by atoms with van der Waals surface area (Å²) >= 11 is 0. The summed E-state index contributed by atoms with van der Waals surface area (Å²) in [4.78, 5) is 37.0. The monoisotopic (exact) mass is 746 g/mol. The highest BCUT2D eigenvalue weighted by Crippen LogP contribution is 2.36. The summed E-state index contributed by atoms with van der Waals surface area (Å²) < 4.78 is 88.6. The number of amides is 2. The zero-order chi connectivity index (χ0) is 39.1. The molecule has 16 heteroatoms. The Balaban J connectivity index is 0.000000280. The number of carbonyl (C=O) groups excluding carboxylic acids is 2. The molecular formula is C36H52F6N6O4. The van der Waals surface area contributed by atoms with Gasteiger partial charge in [-0.1, -0.05) is 13.8 Å². The number of nitrogens with zero attached hydrogens (tertiary/aromatic N) is 4. The molecule has 4 heterocycles. The predicted octanol–water partition coefficient (Wildman–Crippen LogP) is 6.21. The average molecular weight is 747 g/mol. The Morgan fingerprint density at radius 1 is 0.712 bits per heavy atom. The third-order valence-electron chi connectivity index (χ3n) is 9.64. The van der Waals surface area contributed by atoms with Gasteiger partial charge in [0.05, 0.1) is 10.8 Å². The van der Waals surface area contributed by atoms with E-state index in [-0.39, 0.29) is 49.2 Å². The molecule has 4 rings (SSSR count). The fraction of sp³-hybridized carbons (Fsp3) is 0.667. The first kappa shape index (κ1) is 42.8. The smallest absolute Gasteiger partial charge is 0.421 e. The molecule has 2 amide bonds. The fourth-order valence-corrected chi connectivity index (χ4v) is 6.34. The van der Waals surface area contributed by atoms with Gasteiger partial charge in [-0.2, -0.15) is 26.3 Å². The molecule has 292 valence electrons. The number of hydrogen-bond acceptors (Lipinski definition) is 8. The summed E-state index contributed by atoms with van der Waals surface area (Å²) in [7, 11) is 4.04. The van der Waals surface area contributed by atoms with Crippen molar-refractivity contribution >= 4 is 11.8 Å². The predicted molar refractivity (Wildman–Crippen MR) is 184 cm³/mol. The minimum atomic E-state index is -4.56. The first-order valence-corrected chi connectivity index (χ1v) is 17.4. The Hall–Kier alpha value is -3.66. The Morgan fingerprint density at radius 3 is 1.37 bits per heavy atom. The van der Waals surface area contributed by atoms with Crippen LogP contribution in [-0.4, -0.2) is 96.1 Å². The molecule has 2 aliphatic rings. The van der Waals surface area contributed by atoms with E-state index >= 15 is 0 Å². The highest BCUT2D eigenvalue weighted by atomic mass is 19.4. The van der Waals surface area contributed by atoms with Crippen molar-refractivity contribution in [2.24, 2.45) is 10.8 Å². The molecule has 2 fully saturated rings. The van der Waals surface area contributed by atoms with E-state index in [0.717, 1.165) is 50.9 Å². The molecule has 0 radical (unpaired) electrons. The molecular weight excluding hydrogens is 694 g/mol. The number of carbonyl (C=O) groups is 2. The zero-order valence-electron chi connectivity index (χ0n) is 31.1. The minimum Gasteiger partial charge on any atom is -0.476 e. The topological polar surface area (TPSA) is 109 Å². The molecule has 0 spiro atoms. The van der Waals surface area contributed by atoms with Crippen molar-refractivity contribution in [3.63, 3.8) is 0 Å². The number of rotatable bonds is 12. The SMILES string of the molecule is CC[C@@H]1[C@@H](NC(=O)C(C)(C)COc2ncccc2C(F)(F)F)CCN1C.CC[C@H]1[C@H](NC(=O)C(C)(C)COc2ncccc2C(F)(F)F)CCN1C. The van der Waals surface area contributed by atoms with Crippen molar-refractivity contribution in [3.8, 4) is 11.8 Å². The number of likely N-dealkylation sites (tertiary alicyclic amines) is 2. The third-order valence-corrected chi connectivity index (χ3v) is 9.64. The van der Waals surface area contributed by atoms with Crippen molar-refractivity contribution in [3.05, 3.63) is 47.8 Å². The first-order valence-electron chi connectivity index (χ1n) is 17.4. The molecule has 0 bridgehead atoms. The third kappa shape index (κ3) is 11.2. The maximum Gasteiger partial charge on any atom is 0.421 e. The number of halogens is 6. The molecule has 2 aromatic heterocycles. The number of nitrogens with one attached hydrogen (secondary N) is 2. The minimum absolute atomic E-state index is 0.0392. The van der Waals surface area contributed by atoms with Gasteiger partial charge < -0.3 is 29.9 Å². The number of hydrogen-bond donors (Lipinski definition) is 2. The van der Waals surface area contributed by atoms with Crippen molar-refractivity contribution in [1.82, 2.24) is 30.4 Å². The lowest BCUT2D eigenvalue weighted by atomic mass is 9.92. The van der Waals surface area contributed by atoms with E-state index in [2.05, 4.69) is 44.2 Å². The fourth-order valence-electron chi connectivity index (χ4n) is 6.34. The zero-order valence-corrected chi connectivity index (χ0v) is 31.1. The summed E-state index contributed by atoms with van der Waals surface area (Å²) in [5.41, 5.74) is -3.86. The summed E-state index contributed by atoms with van der Waals surface area (Å²) in [5.74, 6) is -1.48. The number of likely N-dealkylation sites (N-methyl/N-ethyl adjacent to an activating group) is 2. The second-order valence-electron chi connectivity index (χ2n) is 14.7. The molecule has 52 heavy (non-hydrogen) atoms. The van der Waals surface area contributed by atoms with E-state index in [1.54, 1.807) is 27.7 Å². The molecule has 10 nitrogen and oxygen atoms in total. The maximum atomic E-state index is 13.0. The van der Waals surface area contributed by atoms with Crippen molar-refractivity contribution < 1.29 is 45.4 Å².